The Kier molecular flexibility index (Phi) is 3.51. The minimum absolute atomic E-state index is 0.00860. The van der Waals surface area contributed by atoms with Gasteiger partial charge in [-0.3, -0.25) is 5.41 Å². The van der Waals surface area contributed by atoms with Crippen LogP contribution in [0.3, 0.4) is 0 Å². The number of rotatable bonds is 2. The van der Waals surface area contributed by atoms with Crippen LogP contribution in [0, 0.1) is 17.9 Å². The Labute approximate surface area is 107 Å². The molecule has 0 atom stereocenters. The average molecular weight is 239 g/mol. The molecule has 0 radical (unpaired) electrons. The van der Waals surface area contributed by atoms with Crippen molar-refractivity contribution in [2.24, 2.45) is 5.11 Å². The van der Waals surface area contributed by atoms with Gasteiger partial charge in [0.2, 0.25) is 0 Å². The predicted octanol–water partition coefficient (Wildman–Crippen LogP) is 4.47. The van der Waals surface area contributed by atoms with E-state index in [1.807, 2.05) is 18.2 Å². The molecule has 0 saturated heterocycles. The number of allylic oxidation sites excluding steroid dienone is 4. The molecule has 1 aromatic carbocycles. The van der Waals surface area contributed by atoms with Gasteiger partial charge in [-0.25, -0.2) is 5.53 Å². The van der Waals surface area contributed by atoms with Crippen molar-refractivity contribution in [1.82, 2.24) is 0 Å². The van der Waals surface area contributed by atoms with Crippen molar-refractivity contribution < 1.29 is 0 Å². The average Bonchev–Trinajstić information content (AvgIpc) is 2.39. The molecule has 0 aromatic heterocycles. The normalized spacial score (nSPS) is 14.8. The highest BCUT2D eigenvalue weighted by Crippen LogP contribution is 2.30. The number of nitrogens with zero attached hydrogens (tertiary/aromatic N) is 1. The third kappa shape index (κ3) is 2.30. The van der Waals surface area contributed by atoms with E-state index in [1.165, 1.54) is 16.7 Å². The third-order valence-corrected chi connectivity index (χ3v) is 3.34. The lowest BCUT2D eigenvalue weighted by molar-refractivity contribution is 0.967. The van der Waals surface area contributed by atoms with Crippen LogP contribution in [0.2, 0.25) is 0 Å². The van der Waals surface area contributed by atoms with Crippen molar-refractivity contribution in [2.45, 2.75) is 26.7 Å². The SMILES string of the molecule is CC1=C(c2cc(C(=N)N=N)ccc2C)C=CCC1. The highest BCUT2D eigenvalue weighted by atomic mass is 15.0. The zero-order valence-corrected chi connectivity index (χ0v) is 10.7. The quantitative estimate of drug-likeness (QED) is 0.434. The standard InChI is InChI=1S/C15H17N3/c1-10-5-3-4-6-13(10)14-9-12(15(16)18-17)8-7-11(14)2/h4,6-9,16-17H,3,5H2,1-2H3. The molecule has 1 aliphatic rings. The van der Waals surface area contributed by atoms with Crippen molar-refractivity contribution >= 4 is 11.4 Å². The summed E-state index contributed by atoms with van der Waals surface area (Å²) in [5.41, 5.74) is 12.6. The van der Waals surface area contributed by atoms with Gasteiger partial charge >= 0.3 is 0 Å². The molecule has 0 unspecified atom stereocenters. The number of nitrogens with one attached hydrogen (secondary N) is 2. The Morgan fingerprint density at radius 1 is 1.28 bits per heavy atom. The maximum Gasteiger partial charge on any atom is 0.173 e. The van der Waals surface area contributed by atoms with Crippen molar-refractivity contribution in [3.8, 4) is 0 Å². The highest BCUT2D eigenvalue weighted by Gasteiger charge is 2.11. The van der Waals surface area contributed by atoms with Crippen molar-refractivity contribution in [3.63, 3.8) is 0 Å². The first-order valence-corrected chi connectivity index (χ1v) is 6.07. The summed E-state index contributed by atoms with van der Waals surface area (Å²) >= 11 is 0. The highest BCUT2D eigenvalue weighted by molar-refractivity contribution is 5.97. The fourth-order valence-electron chi connectivity index (χ4n) is 2.22. The van der Waals surface area contributed by atoms with E-state index in [2.05, 4.69) is 31.1 Å². The largest absolute Gasteiger partial charge is 0.281 e. The minimum atomic E-state index is 0.00860. The molecule has 0 aliphatic heterocycles. The smallest absolute Gasteiger partial charge is 0.173 e. The minimum Gasteiger partial charge on any atom is -0.281 e. The Morgan fingerprint density at radius 3 is 2.72 bits per heavy atom. The Morgan fingerprint density at radius 2 is 2.06 bits per heavy atom. The lowest BCUT2D eigenvalue weighted by atomic mass is 9.90. The number of benzene rings is 1. The van der Waals surface area contributed by atoms with Gasteiger partial charge in [0.1, 0.15) is 0 Å². The molecule has 3 nitrogen and oxygen atoms in total. The molecule has 0 bridgehead atoms. The van der Waals surface area contributed by atoms with Crippen LogP contribution in [0.4, 0.5) is 0 Å². The van der Waals surface area contributed by atoms with Gasteiger partial charge in [0.05, 0.1) is 0 Å². The number of amidine groups is 1. The molecule has 92 valence electrons. The zero-order valence-electron chi connectivity index (χ0n) is 10.7. The van der Waals surface area contributed by atoms with Gasteiger partial charge in [-0.15, -0.1) is 5.11 Å². The first-order valence-electron chi connectivity index (χ1n) is 6.07. The summed E-state index contributed by atoms with van der Waals surface area (Å²) in [7, 11) is 0. The molecule has 0 fully saturated rings. The molecule has 2 N–H and O–H groups in total. The van der Waals surface area contributed by atoms with Gasteiger partial charge in [-0.05, 0) is 49.5 Å². The predicted molar refractivity (Wildman–Crippen MR) is 74.1 cm³/mol. The summed E-state index contributed by atoms with van der Waals surface area (Å²) < 4.78 is 0. The molecule has 1 aliphatic carbocycles. The lowest BCUT2D eigenvalue weighted by Crippen LogP contribution is -1.99. The lowest BCUT2D eigenvalue weighted by Gasteiger charge is -2.15. The summed E-state index contributed by atoms with van der Waals surface area (Å²) in [4.78, 5) is 0. The van der Waals surface area contributed by atoms with E-state index in [1.54, 1.807) is 0 Å². The Balaban J connectivity index is 2.53. The molecule has 3 heteroatoms. The van der Waals surface area contributed by atoms with Gasteiger partial charge in [-0.1, -0.05) is 29.9 Å². The molecule has 0 amide bonds. The number of hydrogen-bond donors (Lipinski definition) is 2. The molecule has 0 heterocycles. The fraction of sp³-hybridized carbons (Fsp3) is 0.267. The van der Waals surface area contributed by atoms with Gasteiger partial charge in [-0.2, -0.15) is 0 Å². The van der Waals surface area contributed by atoms with Gasteiger partial charge in [0, 0.05) is 5.56 Å². The van der Waals surface area contributed by atoms with Crippen LogP contribution in [0.1, 0.15) is 36.5 Å². The molecule has 0 saturated carbocycles. The van der Waals surface area contributed by atoms with E-state index in [9.17, 15) is 0 Å². The van der Waals surface area contributed by atoms with Crippen LogP contribution in [0.5, 0.6) is 0 Å². The van der Waals surface area contributed by atoms with Crippen molar-refractivity contribution in [2.75, 3.05) is 0 Å². The van der Waals surface area contributed by atoms with E-state index in [0.29, 0.717) is 5.56 Å². The van der Waals surface area contributed by atoms with Crippen molar-refractivity contribution in [1.29, 1.82) is 10.9 Å². The third-order valence-electron chi connectivity index (χ3n) is 3.34. The maximum atomic E-state index is 7.62. The first-order chi connectivity index (χ1) is 8.63. The molecular formula is C15H17N3. The van der Waals surface area contributed by atoms with Crippen molar-refractivity contribution in [3.05, 3.63) is 52.6 Å². The van der Waals surface area contributed by atoms with Crippen LogP contribution in [-0.2, 0) is 0 Å². The molecular weight excluding hydrogens is 222 g/mol. The van der Waals surface area contributed by atoms with E-state index < -0.39 is 0 Å². The monoisotopic (exact) mass is 239 g/mol. The summed E-state index contributed by atoms with van der Waals surface area (Å²) in [6.45, 7) is 4.23. The maximum absolute atomic E-state index is 7.62. The first kappa shape index (κ1) is 12.4. The topological polar surface area (TPSA) is 60.1 Å². The van der Waals surface area contributed by atoms with E-state index in [0.717, 1.165) is 18.4 Å². The van der Waals surface area contributed by atoms with Crippen LogP contribution >= 0.6 is 0 Å². The second-order valence-electron chi connectivity index (χ2n) is 4.63. The van der Waals surface area contributed by atoms with Gasteiger partial charge in [0.15, 0.2) is 5.84 Å². The Hall–Kier alpha value is -2.03. The van der Waals surface area contributed by atoms with Crippen LogP contribution in [-0.4, -0.2) is 5.84 Å². The summed E-state index contributed by atoms with van der Waals surface area (Å²) in [6.07, 6.45) is 6.54. The summed E-state index contributed by atoms with van der Waals surface area (Å²) in [5, 5.41) is 10.8. The second-order valence-corrected chi connectivity index (χ2v) is 4.63. The number of aryl methyl sites for hydroxylation is 1. The van der Waals surface area contributed by atoms with Crippen LogP contribution in [0.15, 0.2) is 41.0 Å². The zero-order chi connectivity index (χ0) is 13.1. The van der Waals surface area contributed by atoms with Crippen LogP contribution in [0.25, 0.3) is 5.57 Å². The summed E-state index contributed by atoms with van der Waals surface area (Å²) in [6, 6.07) is 5.80. The molecule has 0 spiro atoms. The molecule has 2 rings (SSSR count). The van der Waals surface area contributed by atoms with E-state index in [4.69, 9.17) is 10.9 Å². The van der Waals surface area contributed by atoms with Crippen LogP contribution < -0.4 is 0 Å². The summed E-state index contributed by atoms with van der Waals surface area (Å²) in [5.74, 6) is 0.00860. The van der Waals surface area contributed by atoms with Gasteiger partial charge < -0.3 is 0 Å². The van der Waals surface area contributed by atoms with Gasteiger partial charge in [0.25, 0.3) is 0 Å². The Bertz CT molecular complexity index is 565. The van der Waals surface area contributed by atoms with E-state index in [-0.39, 0.29) is 5.84 Å². The molecule has 18 heavy (non-hydrogen) atoms. The second kappa shape index (κ2) is 5.08. The molecule has 1 aromatic rings. The number of hydrogen-bond acceptors (Lipinski definition) is 2. The fourth-order valence-corrected chi connectivity index (χ4v) is 2.22. The van der Waals surface area contributed by atoms with E-state index >= 15 is 0 Å².